The van der Waals surface area contributed by atoms with Gasteiger partial charge in [-0.15, -0.1) is 0 Å². The highest BCUT2D eigenvalue weighted by Gasteiger charge is 2.46. The van der Waals surface area contributed by atoms with Crippen LogP contribution >= 0.6 is 0 Å². The molecular weight excluding hydrogens is 244 g/mol. The first-order valence-electron chi connectivity index (χ1n) is 5.60. The van der Waals surface area contributed by atoms with E-state index >= 15 is 0 Å². The SMILES string of the molecule is CO[C@H]1O[C@H](COC(C)=O)[C@@H](O)[C@H](OC)[C@H]1OC. The van der Waals surface area contributed by atoms with E-state index in [1.54, 1.807) is 0 Å². The number of carbonyl (C=O) groups excluding carboxylic acids is 1. The molecule has 1 N–H and O–H groups in total. The molecule has 0 aromatic rings. The zero-order valence-electron chi connectivity index (χ0n) is 11.0. The summed E-state index contributed by atoms with van der Waals surface area (Å²) < 4.78 is 25.8. The molecule has 0 amide bonds. The lowest BCUT2D eigenvalue weighted by molar-refractivity contribution is -0.303. The minimum absolute atomic E-state index is 0.0628. The molecule has 0 aliphatic carbocycles. The second-order valence-electron chi connectivity index (χ2n) is 3.97. The van der Waals surface area contributed by atoms with E-state index in [0.717, 1.165) is 0 Å². The van der Waals surface area contributed by atoms with Crippen LogP contribution in [0.4, 0.5) is 0 Å². The van der Waals surface area contributed by atoms with Gasteiger partial charge in [0.15, 0.2) is 6.29 Å². The summed E-state index contributed by atoms with van der Waals surface area (Å²) in [5.41, 5.74) is 0. The molecule has 1 fully saturated rings. The molecule has 1 heterocycles. The molecule has 1 aliphatic heterocycles. The van der Waals surface area contributed by atoms with Crippen molar-refractivity contribution in [2.75, 3.05) is 27.9 Å². The molecule has 0 aromatic heterocycles. The van der Waals surface area contributed by atoms with E-state index in [1.807, 2.05) is 0 Å². The van der Waals surface area contributed by atoms with E-state index in [9.17, 15) is 9.90 Å². The monoisotopic (exact) mass is 264 g/mol. The molecule has 7 nitrogen and oxygen atoms in total. The van der Waals surface area contributed by atoms with Gasteiger partial charge in [0.1, 0.15) is 31.0 Å². The molecule has 0 saturated carbocycles. The molecule has 7 heteroatoms. The van der Waals surface area contributed by atoms with Crippen molar-refractivity contribution in [3.05, 3.63) is 0 Å². The van der Waals surface area contributed by atoms with Gasteiger partial charge in [-0.05, 0) is 0 Å². The third kappa shape index (κ3) is 3.39. The van der Waals surface area contributed by atoms with Gasteiger partial charge in [0.05, 0.1) is 0 Å². The molecule has 0 spiro atoms. The van der Waals surface area contributed by atoms with Gasteiger partial charge in [0.25, 0.3) is 0 Å². The number of rotatable bonds is 5. The molecule has 5 atom stereocenters. The molecule has 1 saturated heterocycles. The number of ether oxygens (including phenoxy) is 5. The normalized spacial score (nSPS) is 36.4. The summed E-state index contributed by atoms with van der Waals surface area (Å²) in [6.45, 7) is 1.22. The Balaban J connectivity index is 2.73. The molecule has 1 aliphatic rings. The maximum absolute atomic E-state index is 10.8. The Bertz CT molecular complexity index is 270. The second kappa shape index (κ2) is 7.01. The van der Waals surface area contributed by atoms with E-state index < -0.39 is 36.7 Å². The lowest BCUT2D eigenvalue weighted by Crippen LogP contribution is -2.60. The Kier molecular flexibility index (Phi) is 5.97. The highest BCUT2D eigenvalue weighted by Crippen LogP contribution is 2.25. The van der Waals surface area contributed by atoms with Crippen LogP contribution in [0, 0.1) is 0 Å². The minimum atomic E-state index is -0.967. The lowest BCUT2D eigenvalue weighted by atomic mass is 9.99. The molecule has 18 heavy (non-hydrogen) atoms. The average Bonchev–Trinajstić information content (AvgIpc) is 2.36. The summed E-state index contributed by atoms with van der Waals surface area (Å²) in [5, 5.41) is 10.1. The number of hydrogen-bond donors (Lipinski definition) is 1. The predicted octanol–water partition coefficient (Wildman–Crippen LogP) is -0.688. The maximum Gasteiger partial charge on any atom is 0.302 e. The fraction of sp³-hybridized carbons (Fsp3) is 0.909. The van der Waals surface area contributed by atoms with Crippen LogP contribution in [0.3, 0.4) is 0 Å². The van der Waals surface area contributed by atoms with Gasteiger partial charge in [-0.2, -0.15) is 0 Å². The first kappa shape index (κ1) is 15.3. The molecular formula is C11H20O7. The highest BCUT2D eigenvalue weighted by molar-refractivity contribution is 5.65. The summed E-state index contributed by atoms with van der Waals surface area (Å²) in [4.78, 5) is 10.8. The lowest BCUT2D eigenvalue weighted by Gasteiger charge is -2.42. The zero-order chi connectivity index (χ0) is 13.7. The van der Waals surface area contributed by atoms with Gasteiger partial charge in [-0.3, -0.25) is 4.79 Å². The van der Waals surface area contributed by atoms with Gasteiger partial charge < -0.3 is 28.8 Å². The topological polar surface area (TPSA) is 83.5 Å². The number of methoxy groups -OCH3 is 3. The van der Waals surface area contributed by atoms with Crippen molar-refractivity contribution in [1.82, 2.24) is 0 Å². The molecule has 106 valence electrons. The van der Waals surface area contributed by atoms with Crippen LogP contribution < -0.4 is 0 Å². The van der Waals surface area contributed by atoms with Crippen LogP contribution in [0.1, 0.15) is 6.92 Å². The van der Waals surface area contributed by atoms with E-state index in [1.165, 1.54) is 28.3 Å². The van der Waals surface area contributed by atoms with Crippen LogP contribution in [-0.4, -0.2) is 69.7 Å². The molecule has 0 radical (unpaired) electrons. The van der Waals surface area contributed by atoms with Crippen molar-refractivity contribution >= 4 is 5.97 Å². The molecule has 1 rings (SSSR count). The first-order valence-corrected chi connectivity index (χ1v) is 5.60. The zero-order valence-corrected chi connectivity index (χ0v) is 11.0. The van der Waals surface area contributed by atoms with Gasteiger partial charge in [0, 0.05) is 28.3 Å². The van der Waals surface area contributed by atoms with Crippen LogP contribution in [0.15, 0.2) is 0 Å². The van der Waals surface area contributed by atoms with E-state index in [4.69, 9.17) is 23.7 Å². The minimum Gasteiger partial charge on any atom is -0.463 e. The molecule has 0 unspecified atom stereocenters. The fourth-order valence-electron chi connectivity index (χ4n) is 1.94. The predicted molar refractivity (Wildman–Crippen MR) is 59.9 cm³/mol. The van der Waals surface area contributed by atoms with Crippen molar-refractivity contribution in [3.8, 4) is 0 Å². The highest BCUT2D eigenvalue weighted by atomic mass is 16.7. The van der Waals surface area contributed by atoms with Crippen LogP contribution in [-0.2, 0) is 28.5 Å². The van der Waals surface area contributed by atoms with E-state index in [-0.39, 0.29) is 6.61 Å². The summed E-state index contributed by atoms with van der Waals surface area (Å²) in [6.07, 6.45) is -3.54. The smallest absolute Gasteiger partial charge is 0.302 e. The number of aliphatic hydroxyl groups excluding tert-OH is 1. The van der Waals surface area contributed by atoms with Gasteiger partial charge in [-0.25, -0.2) is 0 Å². The number of esters is 1. The Morgan fingerprint density at radius 1 is 1.17 bits per heavy atom. The number of aliphatic hydroxyl groups is 1. The Morgan fingerprint density at radius 3 is 2.22 bits per heavy atom. The Labute approximate surface area is 106 Å². The van der Waals surface area contributed by atoms with Crippen LogP contribution in [0.25, 0.3) is 0 Å². The van der Waals surface area contributed by atoms with Gasteiger partial charge in [-0.1, -0.05) is 0 Å². The second-order valence-corrected chi connectivity index (χ2v) is 3.97. The van der Waals surface area contributed by atoms with E-state index in [0.29, 0.717) is 0 Å². The van der Waals surface area contributed by atoms with E-state index in [2.05, 4.69) is 0 Å². The summed E-state index contributed by atoms with van der Waals surface area (Å²) in [6, 6.07) is 0. The molecule has 0 aromatic carbocycles. The first-order chi connectivity index (χ1) is 8.54. The van der Waals surface area contributed by atoms with Crippen molar-refractivity contribution in [3.63, 3.8) is 0 Å². The summed E-state index contributed by atoms with van der Waals surface area (Å²) in [5.74, 6) is -0.442. The fourth-order valence-corrected chi connectivity index (χ4v) is 1.94. The number of hydrogen-bond acceptors (Lipinski definition) is 7. The third-order valence-corrected chi connectivity index (χ3v) is 2.85. The largest absolute Gasteiger partial charge is 0.463 e. The third-order valence-electron chi connectivity index (χ3n) is 2.85. The maximum atomic E-state index is 10.8. The number of carbonyl (C=O) groups is 1. The average molecular weight is 264 g/mol. The van der Waals surface area contributed by atoms with Crippen molar-refractivity contribution < 1.29 is 33.6 Å². The van der Waals surface area contributed by atoms with Crippen LogP contribution in [0.5, 0.6) is 0 Å². The van der Waals surface area contributed by atoms with Crippen molar-refractivity contribution in [2.45, 2.75) is 37.6 Å². The summed E-state index contributed by atoms with van der Waals surface area (Å²) >= 11 is 0. The Morgan fingerprint density at radius 2 is 1.78 bits per heavy atom. The van der Waals surface area contributed by atoms with Crippen LogP contribution in [0.2, 0.25) is 0 Å². The van der Waals surface area contributed by atoms with Crippen molar-refractivity contribution in [2.24, 2.45) is 0 Å². The Hall–Kier alpha value is -0.730. The standard InChI is InChI=1S/C11H20O7/c1-6(12)17-5-7-8(13)9(14-2)10(15-3)11(16-4)18-7/h7-11,13H,5H2,1-4H3/t7-,8-,9+,10-,11+/m1/s1. The quantitative estimate of drug-likeness (QED) is 0.658. The van der Waals surface area contributed by atoms with Gasteiger partial charge in [0.2, 0.25) is 0 Å². The van der Waals surface area contributed by atoms with Gasteiger partial charge >= 0.3 is 5.97 Å². The summed E-state index contributed by atoms with van der Waals surface area (Å²) in [7, 11) is 4.40. The van der Waals surface area contributed by atoms with Crippen molar-refractivity contribution in [1.29, 1.82) is 0 Å². The molecule has 0 bridgehead atoms.